The Bertz CT molecular complexity index is 659. The molecule has 1 aromatic carbocycles. The van der Waals surface area contributed by atoms with Crippen molar-refractivity contribution >= 4 is 21.6 Å². The predicted octanol–water partition coefficient (Wildman–Crippen LogP) is 2.91. The number of benzene rings is 1. The zero-order chi connectivity index (χ0) is 17.7. The van der Waals surface area contributed by atoms with Crippen LogP contribution in [0.3, 0.4) is 0 Å². The van der Waals surface area contributed by atoms with E-state index >= 15 is 0 Å². The zero-order valence-electron chi connectivity index (χ0n) is 14.8. The van der Waals surface area contributed by atoms with E-state index in [1.807, 2.05) is 32.0 Å². The Hall–Kier alpha value is -1.56. The molecule has 2 rings (SSSR count). The molecule has 24 heavy (non-hydrogen) atoms. The van der Waals surface area contributed by atoms with Crippen molar-refractivity contribution in [3.05, 3.63) is 29.3 Å². The number of nitrogens with zero attached hydrogens (tertiary/aromatic N) is 1. The van der Waals surface area contributed by atoms with Crippen LogP contribution >= 0.6 is 0 Å². The molecule has 1 N–H and O–H groups in total. The summed E-state index contributed by atoms with van der Waals surface area (Å²) in [4.78, 5) is 12.0. The van der Waals surface area contributed by atoms with Crippen LogP contribution in [0.5, 0.6) is 0 Å². The number of rotatable bonds is 7. The van der Waals surface area contributed by atoms with Crippen molar-refractivity contribution in [2.75, 3.05) is 17.1 Å². The first-order valence-electron chi connectivity index (χ1n) is 8.61. The van der Waals surface area contributed by atoms with Crippen molar-refractivity contribution in [3.8, 4) is 0 Å². The van der Waals surface area contributed by atoms with E-state index in [0.717, 1.165) is 24.0 Å². The first kappa shape index (κ1) is 18.8. The van der Waals surface area contributed by atoms with Gasteiger partial charge in [0.05, 0.1) is 11.9 Å². The topological polar surface area (TPSA) is 66.5 Å². The number of sulfonamides is 1. The number of hydrogen-bond donors (Lipinski definition) is 1. The van der Waals surface area contributed by atoms with Gasteiger partial charge in [0.1, 0.15) is 0 Å². The quantitative estimate of drug-likeness (QED) is 0.820. The highest BCUT2D eigenvalue weighted by Gasteiger charge is 2.20. The van der Waals surface area contributed by atoms with Gasteiger partial charge in [-0.05, 0) is 56.4 Å². The number of carbonyl (C=O) groups excluding carboxylic acids is 1. The standard InChI is InChI=1S/C18H28N2O3S/c1-14-11-15(2)13-17(12-14)20(24(3,22)23)10-6-9-18(21)19-16-7-4-5-8-16/h11-13,16H,4-10H2,1-3H3,(H,19,21). The number of anilines is 1. The van der Waals surface area contributed by atoms with Crippen LogP contribution in [0.15, 0.2) is 18.2 Å². The summed E-state index contributed by atoms with van der Waals surface area (Å²) in [5.74, 6) is 0.0239. The van der Waals surface area contributed by atoms with Crippen molar-refractivity contribution in [3.63, 3.8) is 0 Å². The molecule has 0 saturated heterocycles. The predicted molar refractivity (Wildman–Crippen MR) is 97.7 cm³/mol. The summed E-state index contributed by atoms with van der Waals surface area (Å²) in [5.41, 5.74) is 2.72. The molecule has 0 unspecified atom stereocenters. The molecule has 1 saturated carbocycles. The SMILES string of the molecule is Cc1cc(C)cc(N(CCCC(=O)NC2CCCC2)S(C)(=O)=O)c1. The highest BCUT2D eigenvalue weighted by molar-refractivity contribution is 7.92. The van der Waals surface area contributed by atoms with Gasteiger partial charge in [0.25, 0.3) is 0 Å². The van der Waals surface area contributed by atoms with Gasteiger partial charge in [-0.25, -0.2) is 8.42 Å². The molecule has 0 spiro atoms. The van der Waals surface area contributed by atoms with Crippen molar-refractivity contribution < 1.29 is 13.2 Å². The molecule has 1 aliphatic carbocycles. The minimum atomic E-state index is -3.37. The second-order valence-electron chi connectivity index (χ2n) is 6.83. The average molecular weight is 353 g/mol. The van der Waals surface area contributed by atoms with Crippen LogP contribution < -0.4 is 9.62 Å². The van der Waals surface area contributed by atoms with Crippen LogP contribution in [0.2, 0.25) is 0 Å². The molecule has 0 heterocycles. The molecular formula is C18H28N2O3S. The molecule has 1 amide bonds. The lowest BCUT2D eigenvalue weighted by Gasteiger charge is -2.23. The van der Waals surface area contributed by atoms with E-state index in [1.165, 1.54) is 23.4 Å². The third kappa shape index (κ3) is 5.51. The van der Waals surface area contributed by atoms with Gasteiger partial charge in [0.15, 0.2) is 0 Å². The Morgan fingerprint density at radius 2 is 1.75 bits per heavy atom. The van der Waals surface area contributed by atoms with Crippen LogP contribution in [0.4, 0.5) is 5.69 Å². The highest BCUT2D eigenvalue weighted by atomic mass is 32.2. The Morgan fingerprint density at radius 1 is 1.17 bits per heavy atom. The maximum absolute atomic E-state index is 12.1. The van der Waals surface area contributed by atoms with Crippen LogP contribution in [0.25, 0.3) is 0 Å². The van der Waals surface area contributed by atoms with Gasteiger partial charge in [-0.2, -0.15) is 0 Å². The van der Waals surface area contributed by atoms with Crippen molar-refractivity contribution in [2.24, 2.45) is 0 Å². The molecule has 134 valence electrons. The summed E-state index contributed by atoms with van der Waals surface area (Å²) < 4.78 is 25.7. The summed E-state index contributed by atoms with van der Waals surface area (Å²) >= 11 is 0. The molecular weight excluding hydrogens is 324 g/mol. The minimum absolute atomic E-state index is 0.0239. The van der Waals surface area contributed by atoms with Gasteiger partial charge in [0.2, 0.25) is 15.9 Å². The van der Waals surface area contributed by atoms with E-state index in [9.17, 15) is 13.2 Å². The fourth-order valence-corrected chi connectivity index (χ4v) is 4.28. The molecule has 1 fully saturated rings. The minimum Gasteiger partial charge on any atom is -0.353 e. The molecule has 1 aromatic rings. The summed E-state index contributed by atoms with van der Waals surface area (Å²) in [6, 6.07) is 6.06. The van der Waals surface area contributed by atoms with E-state index in [1.54, 1.807) is 0 Å². The van der Waals surface area contributed by atoms with Crippen molar-refractivity contribution in [1.29, 1.82) is 0 Å². The van der Waals surface area contributed by atoms with Gasteiger partial charge in [-0.1, -0.05) is 18.9 Å². The highest BCUT2D eigenvalue weighted by Crippen LogP contribution is 2.22. The second kappa shape index (κ2) is 8.01. The molecule has 0 bridgehead atoms. The Labute approximate surface area is 145 Å². The van der Waals surface area contributed by atoms with Crippen molar-refractivity contribution in [1.82, 2.24) is 5.32 Å². The first-order chi connectivity index (χ1) is 11.3. The summed E-state index contributed by atoms with van der Waals surface area (Å²) in [6.45, 7) is 4.22. The Kier molecular flexibility index (Phi) is 6.27. The molecule has 0 atom stereocenters. The summed E-state index contributed by atoms with van der Waals surface area (Å²) in [5, 5.41) is 3.04. The summed E-state index contributed by atoms with van der Waals surface area (Å²) in [6.07, 6.45) is 6.56. The zero-order valence-corrected chi connectivity index (χ0v) is 15.7. The molecule has 0 radical (unpaired) electrons. The average Bonchev–Trinajstić information content (AvgIpc) is 2.93. The fourth-order valence-electron chi connectivity index (χ4n) is 3.33. The largest absolute Gasteiger partial charge is 0.353 e. The van der Waals surface area contributed by atoms with Gasteiger partial charge >= 0.3 is 0 Å². The monoisotopic (exact) mass is 352 g/mol. The lowest BCUT2D eigenvalue weighted by Crippen LogP contribution is -2.34. The van der Waals surface area contributed by atoms with E-state index < -0.39 is 10.0 Å². The molecule has 0 aliphatic heterocycles. The lowest BCUT2D eigenvalue weighted by atomic mass is 10.1. The van der Waals surface area contributed by atoms with E-state index in [4.69, 9.17) is 0 Å². The third-order valence-corrected chi connectivity index (χ3v) is 5.57. The number of carbonyl (C=O) groups is 1. The van der Waals surface area contributed by atoms with Crippen LogP contribution in [0, 0.1) is 13.8 Å². The second-order valence-corrected chi connectivity index (χ2v) is 8.74. The van der Waals surface area contributed by atoms with E-state index in [2.05, 4.69) is 5.32 Å². The Balaban J connectivity index is 1.96. The molecule has 0 aromatic heterocycles. The fraction of sp³-hybridized carbons (Fsp3) is 0.611. The van der Waals surface area contributed by atoms with Gasteiger partial charge in [-0.3, -0.25) is 9.10 Å². The van der Waals surface area contributed by atoms with E-state index in [-0.39, 0.29) is 5.91 Å². The number of hydrogen-bond acceptors (Lipinski definition) is 3. The number of amides is 1. The van der Waals surface area contributed by atoms with Crippen LogP contribution in [-0.2, 0) is 14.8 Å². The van der Waals surface area contributed by atoms with E-state index in [0.29, 0.717) is 31.1 Å². The maximum Gasteiger partial charge on any atom is 0.232 e. The lowest BCUT2D eigenvalue weighted by molar-refractivity contribution is -0.121. The molecule has 1 aliphatic rings. The summed E-state index contributed by atoms with van der Waals surface area (Å²) in [7, 11) is -3.37. The number of nitrogens with one attached hydrogen (secondary N) is 1. The van der Waals surface area contributed by atoms with Crippen molar-refractivity contribution in [2.45, 2.75) is 58.4 Å². The first-order valence-corrected chi connectivity index (χ1v) is 10.5. The smallest absolute Gasteiger partial charge is 0.232 e. The van der Waals surface area contributed by atoms with Gasteiger partial charge < -0.3 is 5.32 Å². The molecule has 5 nitrogen and oxygen atoms in total. The van der Waals surface area contributed by atoms with Gasteiger partial charge in [-0.15, -0.1) is 0 Å². The number of aryl methyl sites for hydroxylation is 2. The van der Waals surface area contributed by atoms with Crippen LogP contribution in [0.1, 0.15) is 49.7 Å². The van der Waals surface area contributed by atoms with Crippen LogP contribution in [-0.4, -0.2) is 33.2 Å². The van der Waals surface area contributed by atoms with Gasteiger partial charge in [0, 0.05) is 19.0 Å². The molecule has 6 heteroatoms. The maximum atomic E-state index is 12.1. The normalized spacial score (nSPS) is 15.5. The third-order valence-electron chi connectivity index (χ3n) is 4.38. The Morgan fingerprint density at radius 3 is 2.29 bits per heavy atom.